The molecule has 0 aromatic heterocycles. The number of anilines is 1. The van der Waals surface area contributed by atoms with Crippen molar-refractivity contribution in [2.24, 2.45) is 5.92 Å². The molecule has 2 aliphatic heterocycles. The van der Waals surface area contributed by atoms with E-state index in [1.165, 1.54) is 0 Å². The summed E-state index contributed by atoms with van der Waals surface area (Å²) in [5, 5.41) is 0. The third-order valence-electron chi connectivity index (χ3n) is 5.23. The van der Waals surface area contributed by atoms with Gasteiger partial charge in [-0.25, -0.2) is 8.42 Å². The highest BCUT2D eigenvalue weighted by molar-refractivity contribution is 7.89. The molecule has 1 aromatic carbocycles. The number of carbonyl (C=O) groups is 1. The molecule has 144 valence electrons. The van der Waals surface area contributed by atoms with Crippen LogP contribution in [-0.4, -0.2) is 51.5 Å². The minimum absolute atomic E-state index is 0.00338. The van der Waals surface area contributed by atoms with Crippen LogP contribution in [0.25, 0.3) is 0 Å². The van der Waals surface area contributed by atoms with E-state index >= 15 is 0 Å². The molecule has 0 bridgehead atoms. The largest absolute Gasteiger partial charge is 0.381 e. The van der Waals surface area contributed by atoms with Gasteiger partial charge in [0.25, 0.3) is 0 Å². The van der Waals surface area contributed by atoms with Crippen LogP contribution in [0.4, 0.5) is 5.69 Å². The van der Waals surface area contributed by atoms with Crippen molar-refractivity contribution in [1.29, 1.82) is 0 Å². The molecule has 0 spiro atoms. The zero-order valence-electron chi connectivity index (χ0n) is 15.6. The number of amides is 1. The number of ether oxygens (including phenoxy) is 1. The number of benzene rings is 1. The molecule has 1 fully saturated rings. The maximum absolute atomic E-state index is 13.1. The molecule has 1 amide bonds. The average Bonchev–Trinajstić information content (AvgIpc) is 2.65. The van der Waals surface area contributed by atoms with Gasteiger partial charge >= 0.3 is 0 Å². The second kappa shape index (κ2) is 8.06. The first-order valence-corrected chi connectivity index (χ1v) is 10.9. The Kier molecular flexibility index (Phi) is 5.99. The summed E-state index contributed by atoms with van der Waals surface area (Å²) >= 11 is 0. The van der Waals surface area contributed by atoms with Crippen molar-refractivity contribution in [3.05, 3.63) is 23.8 Å². The van der Waals surface area contributed by atoms with E-state index in [0.717, 1.165) is 36.9 Å². The lowest BCUT2D eigenvalue weighted by Gasteiger charge is -2.32. The Morgan fingerprint density at radius 3 is 2.81 bits per heavy atom. The predicted octanol–water partition coefficient (Wildman–Crippen LogP) is 2.42. The number of nitrogens with zero attached hydrogens (tertiary/aromatic N) is 2. The standard InChI is InChI=1S/C19H28N2O4S/c1-3-25-14-16-6-4-10-20(13-16)26(23,24)18-8-9-19-17(12-18)7-5-11-21(19)15(2)22/h8-9,12,16H,3-7,10-11,13-14H2,1-2H3. The molecule has 0 aliphatic carbocycles. The van der Waals surface area contributed by atoms with E-state index in [2.05, 4.69) is 0 Å². The number of hydrogen-bond donors (Lipinski definition) is 0. The second-order valence-corrected chi connectivity index (χ2v) is 9.03. The molecule has 2 aliphatic rings. The van der Waals surface area contributed by atoms with Crippen LogP contribution in [-0.2, 0) is 26.0 Å². The van der Waals surface area contributed by atoms with E-state index in [1.807, 2.05) is 6.92 Å². The van der Waals surface area contributed by atoms with Crippen molar-refractivity contribution in [3.8, 4) is 0 Å². The molecule has 1 atom stereocenters. The van der Waals surface area contributed by atoms with Crippen molar-refractivity contribution in [3.63, 3.8) is 0 Å². The maximum Gasteiger partial charge on any atom is 0.243 e. The van der Waals surface area contributed by atoms with Crippen LogP contribution in [0.2, 0.25) is 0 Å². The first kappa shape index (κ1) is 19.3. The van der Waals surface area contributed by atoms with E-state index in [1.54, 1.807) is 34.3 Å². The molecule has 1 unspecified atom stereocenters. The van der Waals surface area contributed by atoms with Gasteiger partial charge in [-0.3, -0.25) is 4.79 Å². The molecule has 1 aromatic rings. The smallest absolute Gasteiger partial charge is 0.243 e. The van der Waals surface area contributed by atoms with Gasteiger partial charge in [-0.15, -0.1) is 0 Å². The lowest BCUT2D eigenvalue weighted by molar-refractivity contribution is -0.116. The summed E-state index contributed by atoms with van der Waals surface area (Å²) in [5.41, 5.74) is 1.78. The highest BCUT2D eigenvalue weighted by Crippen LogP contribution is 2.31. The molecule has 6 nitrogen and oxygen atoms in total. The van der Waals surface area contributed by atoms with E-state index in [0.29, 0.717) is 37.7 Å². The summed E-state index contributed by atoms with van der Waals surface area (Å²) in [5.74, 6) is 0.251. The Balaban J connectivity index is 1.82. The number of fused-ring (bicyclic) bond motifs is 1. The van der Waals surface area contributed by atoms with Crippen molar-refractivity contribution in [2.45, 2.75) is 44.4 Å². The summed E-state index contributed by atoms with van der Waals surface area (Å²) in [6.07, 6.45) is 3.52. The number of rotatable bonds is 5. The number of carbonyl (C=O) groups excluding carboxylic acids is 1. The molecular weight excluding hydrogens is 352 g/mol. The zero-order valence-corrected chi connectivity index (χ0v) is 16.4. The van der Waals surface area contributed by atoms with Crippen molar-refractivity contribution in [1.82, 2.24) is 4.31 Å². The topological polar surface area (TPSA) is 66.9 Å². The lowest BCUT2D eigenvalue weighted by Crippen LogP contribution is -2.41. The summed E-state index contributed by atoms with van der Waals surface area (Å²) in [6.45, 7) is 6.53. The average molecular weight is 381 g/mol. The molecule has 0 radical (unpaired) electrons. The van der Waals surface area contributed by atoms with Crippen LogP contribution in [0.5, 0.6) is 0 Å². The van der Waals surface area contributed by atoms with Gasteiger partial charge in [0.05, 0.1) is 11.5 Å². The first-order chi connectivity index (χ1) is 12.4. The third-order valence-corrected chi connectivity index (χ3v) is 7.09. The molecular formula is C19H28N2O4S. The Labute approximate surface area is 156 Å². The summed E-state index contributed by atoms with van der Waals surface area (Å²) in [7, 11) is -3.52. The van der Waals surface area contributed by atoms with Crippen LogP contribution in [0.15, 0.2) is 23.1 Å². The quantitative estimate of drug-likeness (QED) is 0.787. The summed E-state index contributed by atoms with van der Waals surface area (Å²) in [6, 6.07) is 5.18. The van der Waals surface area contributed by atoms with Gasteiger partial charge in [0.15, 0.2) is 0 Å². The van der Waals surface area contributed by atoms with Crippen molar-refractivity contribution < 1.29 is 17.9 Å². The summed E-state index contributed by atoms with van der Waals surface area (Å²) < 4.78 is 33.3. The Morgan fingerprint density at radius 2 is 2.08 bits per heavy atom. The molecule has 0 N–H and O–H groups in total. The number of piperidine rings is 1. The van der Waals surface area contributed by atoms with Gasteiger partial charge < -0.3 is 9.64 Å². The minimum atomic E-state index is -3.52. The third kappa shape index (κ3) is 3.94. The Hall–Kier alpha value is -1.44. The maximum atomic E-state index is 13.1. The van der Waals surface area contributed by atoms with Crippen LogP contribution in [0.1, 0.15) is 38.7 Å². The molecule has 0 saturated carbocycles. The van der Waals surface area contributed by atoms with Crippen LogP contribution < -0.4 is 4.90 Å². The number of aryl methyl sites for hydroxylation is 1. The zero-order chi connectivity index (χ0) is 18.7. The minimum Gasteiger partial charge on any atom is -0.381 e. The fourth-order valence-electron chi connectivity index (χ4n) is 3.88. The Bertz CT molecular complexity index is 763. The molecule has 1 saturated heterocycles. The number of sulfonamides is 1. The lowest BCUT2D eigenvalue weighted by atomic mass is 10.0. The van der Waals surface area contributed by atoms with Gasteiger partial charge in [-0.2, -0.15) is 4.31 Å². The van der Waals surface area contributed by atoms with Crippen LogP contribution >= 0.6 is 0 Å². The van der Waals surface area contributed by atoms with Gasteiger partial charge in [-0.1, -0.05) is 0 Å². The van der Waals surface area contributed by atoms with E-state index in [4.69, 9.17) is 4.74 Å². The fraction of sp³-hybridized carbons (Fsp3) is 0.632. The van der Waals surface area contributed by atoms with Crippen LogP contribution in [0.3, 0.4) is 0 Å². The van der Waals surface area contributed by atoms with Gasteiger partial charge in [0.2, 0.25) is 15.9 Å². The highest BCUT2D eigenvalue weighted by Gasteiger charge is 2.31. The van der Waals surface area contributed by atoms with E-state index in [-0.39, 0.29) is 11.8 Å². The van der Waals surface area contributed by atoms with Crippen molar-refractivity contribution >= 4 is 21.6 Å². The van der Waals surface area contributed by atoms with E-state index in [9.17, 15) is 13.2 Å². The van der Waals surface area contributed by atoms with Crippen molar-refractivity contribution in [2.75, 3.05) is 37.7 Å². The van der Waals surface area contributed by atoms with Crippen LogP contribution in [0, 0.1) is 5.92 Å². The van der Waals surface area contributed by atoms with E-state index < -0.39 is 10.0 Å². The SMILES string of the molecule is CCOCC1CCCN(S(=O)(=O)c2ccc3c(c2)CCCN3C(C)=O)C1. The Morgan fingerprint density at radius 1 is 1.27 bits per heavy atom. The second-order valence-electron chi connectivity index (χ2n) is 7.10. The monoisotopic (exact) mass is 380 g/mol. The summed E-state index contributed by atoms with van der Waals surface area (Å²) in [4.78, 5) is 13.9. The predicted molar refractivity (Wildman–Crippen MR) is 101 cm³/mol. The molecule has 26 heavy (non-hydrogen) atoms. The van der Waals surface area contributed by atoms with Gasteiger partial charge in [0.1, 0.15) is 0 Å². The normalized spacial score (nSPS) is 21.5. The van der Waals surface area contributed by atoms with Gasteiger partial charge in [0, 0.05) is 38.9 Å². The molecule has 2 heterocycles. The van der Waals surface area contributed by atoms with Gasteiger partial charge in [-0.05, 0) is 62.3 Å². The number of hydrogen-bond acceptors (Lipinski definition) is 4. The fourth-order valence-corrected chi connectivity index (χ4v) is 5.48. The molecule has 3 rings (SSSR count). The molecule has 7 heteroatoms. The highest BCUT2D eigenvalue weighted by atomic mass is 32.2. The first-order valence-electron chi connectivity index (χ1n) is 9.42.